The maximum absolute atomic E-state index is 12.4. The first kappa shape index (κ1) is 15.0. The summed E-state index contributed by atoms with van der Waals surface area (Å²) >= 11 is 1.50. The zero-order valence-corrected chi connectivity index (χ0v) is 13.0. The number of aliphatic hydroxyl groups excluding tert-OH is 1. The maximum atomic E-state index is 12.4. The van der Waals surface area contributed by atoms with Crippen LogP contribution in [0, 0.1) is 19.8 Å². The van der Waals surface area contributed by atoms with Crippen LogP contribution in [0.2, 0.25) is 0 Å². The van der Waals surface area contributed by atoms with Crippen LogP contribution in [0.5, 0.6) is 0 Å². The molecule has 1 fully saturated rings. The molecule has 108 valence electrons. The van der Waals surface area contributed by atoms with Gasteiger partial charge in [0, 0.05) is 22.4 Å². The summed E-state index contributed by atoms with van der Waals surface area (Å²) in [6.45, 7) is 3.79. The average Bonchev–Trinajstić information content (AvgIpc) is 2.69. The second kappa shape index (κ2) is 5.91. The number of hydrogen-bond donors (Lipinski definition) is 2. The minimum atomic E-state index is -3.46. The van der Waals surface area contributed by atoms with Crippen LogP contribution in [0.15, 0.2) is 11.0 Å². The van der Waals surface area contributed by atoms with Crippen molar-refractivity contribution in [3.05, 3.63) is 15.8 Å². The first-order valence-corrected chi connectivity index (χ1v) is 8.94. The first-order valence-electron chi connectivity index (χ1n) is 6.64. The van der Waals surface area contributed by atoms with Gasteiger partial charge < -0.3 is 5.11 Å². The Morgan fingerprint density at radius 2 is 2.05 bits per heavy atom. The molecule has 1 heterocycles. The highest BCUT2D eigenvalue weighted by Gasteiger charge is 2.30. The van der Waals surface area contributed by atoms with E-state index in [-0.39, 0.29) is 18.6 Å². The number of sulfonamides is 1. The van der Waals surface area contributed by atoms with Crippen molar-refractivity contribution < 1.29 is 13.5 Å². The van der Waals surface area contributed by atoms with Gasteiger partial charge in [-0.15, -0.1) is 11.3 Å². The van der Waals surface area contributed by atoms with E-state index in [0.29, 0.717) is 4.90 Å². The second-order valence-corrected chi connectivity index (χ2v) is 8.38. The van der Waals surface area contributed by atoms with E-state index in [4.69, 9.17) is 0 Å². The van der Waals surface area contributed by atoms with Gasteiger partial charge in [-0.2, -0.15) is 0 Å². The van der Waals surface area contributed by atoms with E-state index in [9.17, 15) is 13.5 Å². The molecule has 1 aliphatic rings. The molecule has 2 atom stereocenters. The minimum absolute atomic E-state index is 0.0450. The van der Waals surface area contributed by atoms with Gasteiger partial charge in [-0.3, -0.25) is 0 Å². The van der Waals surface area contributed by atoms with Gasteiger partial charge in [-0.05, 0) is 38.7 Å². The summed E-state index contributed by atoms with van der Waals surface area (Å²) in [4.78, 5) is 2.21. The van der Waals surface area contributed by atoms with Crippen LogP contribution < -0.4 is 4.72 Å². The normalized spacial score (nSPS) is 24.6. The van der Waals surface area contributed by atoms with E-state index in [1.807, 2.05) is 13.8 Å². The lowest BCUT2D eigenvalue weighted by Crippen LogP contribution is -2.43. The smallest absolute Gasteiger partial charge is 0.241 e. The SMILES string of the molecule is Cc1cc(S(=O)(=O)N[C@H]2CCCC[C@@H]2CO)c(C)s1. The molecule has 0 unspecified atom stereocenters. The third kappa shape index (κ3) is 3.37. The summed E-state index contributed by atoms with van der Waals surface area (Å²) in [5, 5.41) is 9.35. The molecule has 6 heteroatoms. The van der Waals surface area contributed by atoms with Gasteiger partial charge in [-0.25, -0.2) is 13.1 Å². The van der Waals surface area contributed by atoms with E-state index in [2.05, 4.69) is 4.72 Å². The third-order valence-corrected chi connectivity index (χ3v) is 6.45. The molecule has 0 aliphatic heterocycles. The highest BCUT2D eigenvalue weighted by atomic mass is 32.2. The molecule has 0 radical (unpaired) electrons. The molecule has 1 aliphatic carbocycles. The second-order valence-electron chi connectivity index (χ2n) is 5.23. The van der Waals surface area contributed by atoms with Gasteiger partial charge in [0.1, 0.15) is 0 Å². The van der Waals surface area contributed by atoms with E-state index in [1.54, 1.807) is 6.07 Å². The van der Waals surface area contributed by atoms with Crippen molar-refractivity contribution in [1.82, 2.24) is 4.72 Å². The molecule has 4 nitrogen and oxygen atoms in total. The van der Waals surface area contributed by atoms with Gasteiger partial charge >= 0.3 is 0 Å². The molecular weight excluding hydrogens is 282 g/mol. The van der Waals surface area contributed by atoms with E-state index >= 15 is 0 Å². The molecule has 1 saturated carbocycles. The molecule has 0 aromatic carbocycles. The van der Waals surface area contributed by atoms with Crippen molar-refractivity contribution in [2.75, 3.05) is 6.61 Å². The summed E-state index contributed by atoms with van der Waals surface area (Å²) in [6.07, 6.45) is 3.79. The fraction of sp³-hybridized carbons (Fsp3) is 0.692. The lowest BCUT2D eigenvalue weighted by Gasteiger charge is -2.30. The third-order valence-electron chi connectivity index (χ3n) is 3.74. The Morgan fingerprint density at radius 1 is 1.37 bits per heavy atom. The number of aryl methyl sites for hydroxylation is 2. The van der Waals surface area contributed by atoms with Crippen LogP contribution in [-0.2, 0) is 10.0 Å². The largest absolute Gasteiger partial charge is 0.396 e. The topological polar surface area (TPSA) is 66.4 Å². The Kier molecular flexibility index (Phi) is 4.66. The van der Waals surface area contributed by atoms with E-state index in [1.165, 1.54) is 11.3 Å². The predicted molar refractivity (Wildman–Crippen MR) is 76.9 cm³/mol. The summed E-state index contributed by atoms with van der Waals surface area (Å²) < 4.78 is 27.6. The molecule has 2 N–H and O–H groups in total. The Morgan fingerprint density at radius 3 is 2.63 bits per heavy atom. The molecule has 0 spiro atoms. The van der Waals surface area contributed by atoms with E-state index < -0.39 is 10.0 Å². The number of rotatable bonds is 4. The summed E-state index contributed by atoms with van der Waals surface area (Å²) in [5.74, 6) is 0.0450. The van der Waals surface area contributed by atoms with Gasteiger partial charge in [0.25, 0.3) is 0 Å². The molecule has 0 saturated heterocycles. The summed E-state index contributed by atoms with van der Waals surface area (Å²) in [5.41, 5.74) is 0. The number of hydrogen-bond acceptors (Lipinski definition) is 4. The summed E-state index contributed by atoms with van der Waals surface area (Å²) in [6, 6.07) is 1.59. The molecule has 0 bridgehead atoms. The quantitative estimate of drug-likeness (QED) is 0.896. The fourth-order valence-electron chi connectivity index (χ4n) is 2.72. The van der Waals surface area contributed by atoms with Gasteiger partial charge in [-0.1, -0.05) is 12.8 Å². The lowest BCUT2D eigenvalue weighted by atomic mass is 9.86. The van der Waals surface area contributed by atoms with Crippen molar-refractivity contribution in [1.29, 1.82) is 0 Å². The van der Waals surface area contributed by atoms with Crippen molar-refractivity contribution in [2.45, 2.75) is 50.5 Å². The zero-order chi connectivity index (χ0) is 14.0. The van der Waals surface area contributed by atoms with Crippen LogP contribution in [0.25, 0.3) is 0 Å². The van der Waals surface area contributed by atoms with Gasteiger partial charge in [0.05, 0.1) is 4.90 Å². The number of thiophene rings is 1. The molecule has 19 heavy (non-hydrogen) atoms. The summed E-state index contributed by atoms with van der Waals surface area (Å²) in [7, 11) is -3.46. The molecule has 1 aromatic rings. The predicted octanol–water partition coefficient (Wildman–Crippen LogP) is 2.19. The minimum Gasteiger partial charge on any atom is -0.396 e. The number of nitrogens with one attached hydrogen (secondary N) is 1. The van der Waals surface area contributed by atoms with Crippen molar-refractivity contribution in [3.8, 4) is 0 Å². The Bertz CT molecular complexity index is 536. The van der Waals surface area contributed by atoms with Crippen LogP contribution >= 0.6 is 11.3 Å². The fourth-order valence-corrected chi connectivity index (χ4v) is 5.61. The molecule has 2 rings (SSSR count). The van der Waals surface area contributed by atoms with Crippen LogP contribution in [0.1, 0.15) is 35.4 Å². The van der Waals surface area contributed by atoms with Crippen LogP contribution in [0.3, 0.4) is 0 Å². The van der Waals surface area contributed by atoms with Crippen LogP contribution in [-0.4, -0.2) is 26.2 Å². The van der Waals surface area contributed by atoms with Crippen LogP contribution in [0.4, 0.5) is 0 Å². The molecule has 0 amide bonds. The highest BCUT2D eigenvalue weighted by molar-refractivity contribution is 7.89. The Hall–Kier alpha value is -0.430. The molecule has 1 aromatic heterocycles. The highest BCUT2D eigenvalue weighted by Crippen LogP contribution is 2.28. The van der Waals surface area contributed by atoms with Crippen molar-refractivity contribution in [3.63, 3.8) is 0 Å². The Labute approximate surface area is 118 Å². The zero-order valence-electron chi connectivity index (χ0n) is 11.3. The molecular formula is C13H21NO3S2. The van der Waals surface area contributed by atoms with Crippen molar-refractivity contribution >= 4 is 21.4 Å². The van der Waals surface area contributed by atoms with Gasteiger partial charge in [0.15, 0.2) is 0 Å². The standard InChI is InChI=1S/C13H21NO3S2/c1-9-7-13(10(2)18-9)19(16,17)14-12-6-4-3-5-11(12)8-15/h7,11-12,14-15H,3-6,8H2,1-2H3/t11-,12+/m1/s1. The Balaban J connectivity index is 2.19. The van der Waals surface area contributed by atoms with E-state index in [0.717, 1.165) is 35.4 Å². The van der Waals surface area contributed by atoms with Gasteiger partial charge in [0.2, 0.25) is 10.0 Å². The van der Waals surface area contributed by atoms with Crippen molar-refractivity contribution in [2.24, 2.45) is 5.92 Å². The average molecular weight is 303 g/mol. The first-order chi connectivity index (χ1) is 8.94. The monoisotopic (exact) mass is 303 g/mol. The number of aliphatic hydroxyl groups is 1. The maximum Gasteiger partial charge on any atom is 0.241 e. The lowest BCUT2D eigenvalue weighted by molar-refractivity contribution is 0.164.